The summed E-state index contributed by atoms with van der Waals surface area (Å²) in [6.45, 7) is 3.58. The van der Waals surface area contributed by atoms with Crippen LogP contribution < -0.4 is 15.8 Å². The molecule has 5 heteroatoms. The molecule has 18 heavy (non-hydrogen) atoms. The number of carbonyl (C=O) groups is 1. The van der Waals surface area contributed by atoms with E-state index >= 15 is 0 Å². The molecular formula is C13H18N2O3. The van der Waals surface area contributed by atoms with Crippen LogP contribution in [0.5, 0.6) is 5.75 Å². The Morgan fingerprint density at radius 2 is 2.17 bits per heavy atom. The van der Waals surface area contributed by atoms with Gasteiger partial charge in [-0.3, -0.25) is 4.79 Å². The fraction of sp³-hybridized carbons (Fsp3) is 0.462. The van der Waals surface area contributed by atoms with Gasteiger partial charge in [0.25, 0.3) is 0 Å². The van der Waals surface area contributed by atoms with Crippen molar-refractivity contribution < 1.29 is 14.3 Å². The van der Waals surface area contributed by atoms with Crippen molar-refractivity contribution >= 4 is 17.3 Å². The molecule has 0 saturated carbocycles. The molecule has 0 spiro atoms. The number of hydrogen-bond acceptors (Lipinski definition) is 4. The first-order valence-corrected chi connectivity index (χ1v) is 6.13. The van der Waals surface area contributed by atoms with Gasteiger partial charge in [-0.25, -0.2) is 0 Å². The second-order valence-electron chi connectivity index (χ2n) is 4.14. The summed E-state index contributed by atoms with van der Waals surface area (Å²) in [6, 6.07) is 3.65. The van der Waals surface area contributed by atoms with Gasteiger partial charge in [-0.1, -0.05) is 0 Å². The fourth-order valence-electron chi connectivity index (χ4n) is 1.91. The Morgan fingerprint density at radius 1 is 1.33 bits per heavy atom. The van der Waals surface area contributed by atoms with Crippen LogP contribution in [0.25, 0.3) is 0 Å². The first-order valence-electron chi connectivity index (χ1n) is 6.13. The van der Waals surface area contributed by atoms with E-state index in [2.05, 4.69) is 5.32 Å². The second-order valence-corrected chi connectivity index (χ2v) is 4.14. The third kappa shape index (κ3) is 2.92. The van der Waals surface area contributed by atoms with Gasteiger partial charge in [-0.15, -0.1) is 0 Å². The van der Waals surface area contributed by atoms with Crippen LogP contribution in [0.2, 0.25) is 0 Å². The summed E-state index contributed by atoms with van der Waals surface area (Å²) in [5.41, 5.74) is 8.37. The van der Waals surface area contributed by atoms with Crippen molar-refractivity contribution in [3.63, 3.8) is 0 Å². The number of ether oxygens (including phenoxy) is 2. The van der Waals surface area contributed by atoms with Gasteiger partial charge in [-0.05, 0) is 25.0 Å². The van der Waals surface area contributed by atoms with Crippen molar-refractivity contribution in [1.82, 2.24) is 0 Å². The Balaban J connectivity index is 2.06. The molecule has 1 aromatic carbocycles. The van der Waals surface area contributed by atoms with Gasteiger partial charge in [-0.2, -0.15) is 0 Å². The molecule has 1 aliphatic rings. The van der Waals surface area contributed by atoms with Crippen LogP contribution in [0.15, 0.2) is 12.1 Å². The van der Waals surface area contributed by atoms with Gasteiger partial charge in [0.05, 0.1) is 12.3 Å². The van der Waals surface area contributed by atoms with Crippen LogP contribution in [0, 0.1) is 0 Å². The third-order valence-corrected chi connectivity index (χ3v) is 2.82. The van der Waals surface area contributed by atoms with Gasteiger partial charge in [0, 0.05) is 24.8 Å². The summed E-state index contributed by atoms with van der Waals surface area (Å²) in [5.74, 6) is 0.628. The van der Waals surface area contributed by atoms with Gasteiger partial charge < -0.3 is 20.5 Å². The molecule has 2 rings (SSSR count). The quantitative estimate of drug-likeness (QED) is 0.614. The zero-order chi connectivity index (χ0) is 13.0. The molecule has 0 radical (unpaired) electrons. The Kier molecular flexibility index (Phi) is 4.04. The Morgan fingerprint density at radius 3 is 2.94 bits per heavy atom. The maximum Gasteiger partial charge on any atom is 0.224 e. The monoisotopic (exact) mass is 250 g/mol. The van der Waals surface area contributed by atoms with Crippen molar-refractivity contribution in [3.05, 3.63) is 17.7 Å². The lowest BCUT2D eigenvalue weighted by Gasteiger charge is -2.19. The number of anilines is 2. The smallest absolute Gasteiger partial charge is 0.224 e. The minimum absolute atomic E-state index is 0.0348. The second kappa shape index (κ2) is 5.73. The number of amides is 1. The lowest BCUT2D eigenvalue weighted by atomic mass is 10.0. The highest BCUT2D eigenvalue weighted by Gasteiger charge is 2.17. The molecule has 0 unspecified atom stereocenters. The summed E-state index contributed by atoms with van der Waals surface area (Å²) in [6.07, 6.45) is 1.24. The minimum Gasteiger partial charge on any atom is -0.489 e. The molecular weight excluding hydrogens is 232 g/mol. The molecule has 0 aromatic heterocycles. The van der Waals surface area contributed by atoms with Gasteiger partial charge in [0.15, 0.2) is 0 Å². The van der Waals surface area contributed by atoms with E-state index in [4.69, 9.17) is 15.2 Å². The number of hydrogen-bond donors (Lipinski definition) is 2. The van der Waals surface area contributed by atoms with Crippen molar-refractivity contribution in [2.45, 2.75) is 19.8 Å². The van der Waals surface area contributed by atoms with E-state index in [0.29, 0.717) is 37.7 Å². The van der Waals surface area contributed by atoms with Crippen LogP contribution in [0.4, 0.5) is 11.4 Å². The van der Waals surface area contributed by atoms with Gasteiger partial charge >= 0.3 is 0 Å². The SMILES string of the molecule is CCOCCOc1cc2c(cc1N)CCC(=O)N2. The summed E-state index contributed by atoms with van der Waals surface area (Å²) in [5, 5.41) is 2.82. The van der Waals surface area contributed by atoms with E-state index < -0.39 is 0 Å². The number of nitrogens with one attached hydrogen (secondary N) is 1. The van der Waals surface area contributed by atoms with Crippen LogP contribution in [0.3, 0.4) is 0 Å². The molecule has 3 N–H and O–H groups in total. The topological polar surface area (TPSA) is 73.6 Å². The maximum atomic E-state index is 11.3. The van der Waals surface area contributed by atoms with Crippen LogP contribution >= 0.6 is 0 Å². The summed E-state index contributed by atoms with van der Waals surface area (Å²) < 4.78 is 10.7. The van der Waals surface area contributed by atoms with Crippen LogP contribution in [0.1, 0.15) is 18.9 Å². The Labute approximate surface area is 106 Å². The number of benzene rings is 1. The average Bonchev–Trinajstić information content (AvgIpc) is 2.35. The molecule has 1 aromatic rings. The predicted molar refractivity (Wildman–Crippen MR) is 69.8 cm³/mol. The summed E-state index contributed by atoms with van der Waals surface area (Å²) >= 11 is 0. The van der Waals surface area contributed by atoms with Crippen molar-refractivity contribution in [3.8, 4) is 5.75 Å². The number of fused-ring (bicyclic) bond motifs is 1. The lowest BCUT2D eigenvalue weighted by Crippen LogP contribution is -2.19. The van der Waals surface area contributed by atoms with E-state index in [9.17, 15) is 4.79 Å². The molecule has 1 amide bonds. The molecule has 0 fully saturated rings. The number of nitrogens with two attached hydrogens (primary N) is 1. The highest BCUT2D eigenvalue weighted by atomic mass is 16.5. The first-order chi connectivity index (χ1) is 8.70. The zero-order valence-corrected chi connectivity index (χ0v) is 10.5. The molecule has 1 aliphatic heterocycles. The highest BCUT2D eigenvalue weighted by Crippen LogP contribution is 2.32. The number of rotatable bonds is 5. The average molecular weight is 250 g/mol. The number of nitrogen functional groups attached to an aromatic ring is 1. The van der Waals surface area contributed by atoms with Crippen molar-refractivity contribution in [2.24, 2.45) is 0 Å². The Bertz CT molecular complexity index is 446. The van der Waals surface area contributed by atoms with Crippen LogP contribution in [-0.4, -0.2) is 25.7 Å². The lowest BCUT2D eigenvalue weighted by molar-refractivity contribution is -0.116. The van der Waals surface area contributed by atoms with E-state index in [1.165, 1.54) is 0 Å². The predicted octanol–water partition coefficient (Wildman–Crippen LogP) is 1.57. The standard InChI is InChI=1S/C13H18N2O3/c1-2-17-5-6-18-12-8-11-9(7-10(12)14)3-4-13(16)15-11/h7-8H,2-6,14H2,1H3,(H,15,16). The van der Waals surface area contributed by atoms with Gasteiger partial charge in [0.1, 0.15) is 12.4 Å². The van der Waals surface area contributed by atoms with E-state index in [1.807, 2.05) is 13.0 Å². The van der Waals surface area contributed by atoms with E-state index in [1.54, 1.807) is 6.07 Å². The Hall–Kier alpha value is -1.75. The highest BCUT2D eigenvalue weighted by molar-refractivity contribution is 5.94. The van der Waals surface area contributed by atoms with Crippen LogP contribution in [-0.2, 0) is 16.0 Å². The minimum atomic E-state index is 0.0348. The maximum absolute atomic E-state index is 11.3. The van der Waals surface area contributed by atoms with E-state index in [0.717, 1.165) is 17.7 Å². The fourth-order valence-corrected chi connectivity index (χ4v) is 1.91. The van der Waals surface area contributed by atoms with Crippen molar-refractivity contribution in [2.75, 3.05) is 30.9 Å². The third-order valence-electron chi connectivity index (χ3n) is 2.82. The number of carbonyl (C=O) groups excluding carboxylic acids is 1. The molecule has 1 heterocycles. The van der Waals surface area contributed by atoms with Gasteiger partial charge in [0.2, 0.25) is 5.91 Å². The van der Waals surface area contributed by atoms with Crippen molar-refractivity contribution in [1.29, 1.82) is 0 Å². The number of aryl methyl sites for hydroxylation is 1. The summed E-state index contributed by atoms with van der Waals surface area (Å²) in [7, 11) is 0. The molecule has 0 saturated heterocycles. The molecule has 0 aliphatic carbocycles. The molecule has 5 nitrogen and oxygen atoms in total. The normalized spacial score (nSPS) is 13.9. The largest absolute Gasteiger partial charge is 0.489 e. The van der Waals surface area contributed by atoms with E-state index in [-0.39, 0.29) is 5.91 Å². The molecule has 98 valence electrons. The molecule has 0 atom stereocenters. The zero-order valence-electron chi connectivity index (χ0n) is 10.5. The summed E-state index contributed by atoms with van der Waals surface area (Å²) in [4.78, 5) is 11.3. The molecule has 0 bridgehead atoms. The first kappa shape index (κ1) is 12.7.